The summed E-state index contributed by atoms with van der Waals surface area (Å²) < 4.78 is 11.2. The van der Waals surface area contributed by atoms with E-state index in [1.54, 1.807) is 37.5 Å². The van der Waals surface area contributed by atoms with Crippen LogP contribution in [0.4, 0.5) is 5.69 Å². The van der Waals surface area contributed by atoms with Crippen molar-refractivity contribution < 1.29 is 19.1 Å². The Morgan fingerprint density at radius 1 is 1.11 bits per heavy atom. The van der Waals surface area contributed by atoms with Crippen molar-refractivity contribution in [1.29, 1.82) is 0 Å². The maximum absolute atomic E-state index is 12.1. The van der Waals surface area contributed by atoms with E-state index < -0.39 is 0 Å². The third-order valence-corrected chi connectivity index (χ3v) is 4.59. The summed E-state index contributed by atoms with van der Waals surface area (Å²) in [6.07, 6.45) is 6.15. The van der Waals surface area contributed by atoms with E-state index in [0.717, 1.165) is 35.0 Å². The summed E-state index contributed by atoms with van der Waals surface area (Å²) >= 11 is 3.41. The molecular weight excluding hydrogens is 422 g/mol. The van der Waals surface area contributed by atoms with Crippen LogP contribution in [0.5, 0.6) is 5.75 Å². The van der Waals surface area contributed by atoms with Crippen LogP contribution in [0.15, 0.2) is 53.0 Å². The third kappa shape index (κ3) is 6.85. The second kappa shape index (κ2) is 11.3. The van der Waals surface area contributed by atoms with Gasteiger partial charge in [-0.15, -0.1) is 0 Å². The molecule has 0 heterocycles. The molecule has 5 nitrogen and oxygen atoms in total. The number of methoxy groups -OCH3 is 1. The highest BCUT2D eigenvalue weighted by atomic mass is 79.9. The first kappa shape index (κ1) is 21.7. The minimum atomic E-state index is -0.348. The lowest BCUT2D eigenvalue weighted by Gasteiger charge is -2.06. The number of anilines is 1. The fraction of sp³-hybridized carbons (Fsp3) is 0.273. The lowest BCUT2D eigenvalue weighted by Crippen LogP contribution is -2.09. The molecule has 1 N–H and O–H groups in total. The number of ether oxygens (including phenoxy) is 2. The molecule has 0 aliphatic heterocycles. The normalized spacial score (nSPS) is 10.7. The fourth-order valence-electron chi connectivity index (χ4n) is 2.43. The Balaban J connectivity index is 1.88. The van der Waals surface area contributed by atoms with Crippen molar-refractivity contribution in [2.75, 3.05) is 19.0 Å². The summed E-state index contributed by atoms with van der Waals surface area (Å²) in [6.45, 7) is 2.53. The molecule has 6 heteroatoms. The Kier molecular flexibility index (Phi) is 8.75. The molecule has 2 aromatic carbocycles. The molecule has 0 radical (unpaired) electrons. The van der Waals surface area contributed by atoms with Crippen LogP contribution in [0.2, 0.25) is 0 Å². The van der Waals surface area contributed by atoms with Gasteiger partial charge < -0.3 is 14.8 Å². The zero-order valence-corrected chi connectivity index (χ0v) is 17.6. The summed E-state index contributed by atoms with van der Waals surface area (Å²) in [6, 6.07) is 12.2. The average molecular weight is 446 g/mol. The molecule has 0 fully saturated rings. The second-order valence-corrected chi connectivity index (χ2v) is 6.99. The number of halogens is 1. The number of unbranched alkanes of at least 4 members (excludes halogenated alkanes) is 2. The maximum atomic E-state index is 12.1. The van der Waals surface area contributed by atoms with Crippen molar-refractivity contribution in [2.24, 2.45) is 0 Å². The Hall–Kier alpha value is -2.60. The predicted molar refractivity (Wildman–Crippen MR) is 115 cm³/mol. The van der Waals surface area contributed by atoms with Crippen LogP contribution in [-0.2, 0) is 9.53 Å². The first-order valence-electron chi connectivity index (χ1n) is 9.13. The topological polar surface area (TPSA) is 64.6 Å². The summed E-state index contributed by atoms with van der Waals surface area (Å²) in [5.74, 6) is 0.117. The second-order valence-electron chi connectivity index (χ2n) is 6.14. The molecule has 2 aromatic rings. The van der Waals surface area contributed by atoms with Crippen molar-refractivity contribution >= 4 is 39.6 Å². The van der Waals surface area contributed by atoms with Crippen LogP contribution in [0.1, 0.15) is 42.1 Å². The van der Waals surface area contributed by atoms with E-state index in [1.807, 2.05) is 18.2 Å². The van der Waals surface area contributed by atoms with Gasteiger partial charge in [-0.2, -0.15) is 0 Å². The van der Waals surface area contributed by atoms with E-state index in [-0.39, 0.29) is 11.9 Å². The number of carbonyl (C=O) groups is 2. The van der Waals surface area contributed by atoms with Crippen LogP contribution in [0, 0.1) is 0 Å². The minimum absolute atomic E-state index is 0.262. The van der Waals surface area contributed by atoms with Crippen molar-refractivity contribution in [3.63, 3.8) is 0 Å². The predicted octanol–water partition coefficient (Wildman–Crippen LogP) is 5.46. The molecule has 0 aromatic heterocycles. The van der Waals surface area contributed by atoms with Gasteiger partial charge in [0.05, 0.1) is 23.8 Å². The number of hydrogen-bond donors (Lipinski definition) is 1. The van der Waals surface area contributed by atoms with E-state index >= 15 is 0 Å². The van der Waals surface area contributed by atoms with Gasteiger partial charge in [0.15, 0.2) is 0 Å². The van der Waals surface area contributed by atoms with Gasteiger partial charge >= 0.3 is 5.97 Å². The highest BCUT2D eigenvalue weighted by molar-refractivity contribution is 9.10. The minimum Gasteiger partial charge on any atom is -0.496 e. The fourth-order valence-corrected chi connectivity index (χ4v) is 2.99. The van der Waals surface area contributed by atoms with Gasteiger partial charge in [-0.05, 0) is 70.4 Å². The number of amides is 1. The van der Waals surface area contributed by atoms with Gasteiger partial charge in [0.1, 0.15) is 5.75 Å². The quantitative estimate of drug-likeness (QED) is 0.316. The molecule has 0 saturated carbocycles. The Morgan fingerprint density at radius 3 is 2.50 bits per heavy atom. The maximum Gasteiger partial charge on any atom is 0.338 e. The number of rotatable bonds is 9. The van der Waals surface area contributed by atoms with Crippen molar-refractivity contribution in [1.82, 2.24) is 0 Å². The third-order valence-electron chi connectivity index (χ3n) is 3.97. The van der Waals surface area contributed by atoms with Gasteiger partial charge in [-0.1, -0.05) is 25.8 Å². The molecule has 1 amide bonds. The number of esters is 1. The SMILES string of the molecule is CCCCCOC(=O)c1ccc(NC(=O)C=Cc2ccc(OC)c(Br)c2)cc1. The monoisotopic (exact) mass is 445 g/mol. The average Bonchev–Trinajstić information content (AvgIpc) is 2.70. The van der Waals surface area contributed by atoms with Gasteiger partial charge in [-0.25, -0.2) is 4.79 Å². The van der Waals surface area contributed by atoms with Gasteiger partial charge in [0.2, 0.25) is 5.91 Å². The van der Waals surface area contributed by atoms with Crippen LogP contribution < -0.4 is 10.1 Å². The van der Waals surface area contributed by atoms with Gasteiger partial charge in [-0.3, -0.25) is 4.79 Å². The molecule has 148 valence electrons. The van der Waals surface area contributed by atoms with E-state index in [9.17, 15) is 9.59 Å². The smallest absolute Gasteiger partial charge is 0.338 e. The van der Waals surface area contributed by atoms with E-state index in [0.29, 0.717) is 17.9 Å². The highest BCUT2D eigenvalue weighted by Crippen LogP contribution is 2.26. The highest BCUT2D eigenvalue weighted by Gasteiger charge is 2.07. The zero-order valence-electron chi connectivity index (χ0n) is 16.0. The standard InChI is InChI=1S/C22H24BrNO4/c1-3-4-5-14-28-22(26)17-8-10-18(11-9-17)24-21(25)13-7-16-6-12-20(27-2)19(23)15-16/h6-13,15H,3-5,14H2,1-2H3,(H,24,25). The summed E-state index contributed by atoms with van der Waals surface area (Å²) in [5.41, 5.74) is 1.94. The van der Waals surface area contributed by atoms with Crippen LogP contribution in [0.25, 0.3) is 6.08 Å². The van der Waals surface area contributed by atoms with Gasteiger partial charge in [0.25, 0.3) is 0 Å². The molecule has 2 rings (SSSR count). The summed E-state index contributed by atoms with van der Waals surface area (Å²) in [4.78, 5) is 24.0. The van der Waals surface area contributed by atoms with Crippen LogP contribution in [0.3, 0.4) is 0 Å². The number of nitrogens with one attached hydrogen (secondary N) is 1. The molecule has 0 aliphatic carbocycles. The number of hydrogen-bond acceptors (Lipinski definition) is 4. The first-order valence-corrected chi connectivity index (χ1v) is 9.92. The Morgan fingerprint density at radius 2 is 1.86 bits per heavy atom. The van der Waals surface area contributed by atoms with E-state index in [2.05, 4.69) is 28.2 Å². The largest absolute Gasteiger partial charge is 0.496 e. The van der Waals surface area contributed by atoms with Crippen molar-refractivity contribution in [3.8, 4) is 5.75 Å². The molecule has 0 saturated heterocycles. The summed E-state index contributed by atoms with van der Waals surface area (Å²) in [5, 5.41) is 2.76. The molecular formula is C22H24BrNO4. The number of carbonyl (C=O) groups excluding carboxylic acids is 2. The number of benzene rings is 2. The molecule has 0 bridgehead atoms. The zero-order chi connectivity index (χ0) is 20.4. The lowest BCUT2D eigenvalue weighted by atomic mass is 10.2. The molecule has 0 aliphatic rings. The first-order chi connectivity index (χ1) is 13.5. The molecule has 0 spiro atoms. The van der Waals surface area contributed by atoms with Crippen molar-refractivity contribution in [2.45, 2.75) is 26.2 Å². The van der Waals surface area contributed by atoms with Crippen LogP contribution >= 0.6 is 15.9 Å². The molecule has 0 unspecified atom stereocenters. The Labute approximate surface area is 173 Å². The van der Waals surface area contributed by atoms with Crippen molar-refractivity contribution in [3.05, 3.63) is 64.1 Å². The molecule has 0 atom stereocenters. The lowest BCUT2D eigenvalue weighted by molar-refractivity contribution is -0.111. The van der Waals surface area contributed by atoms with E-state index in [4.69, 9.17) is 9.47 Å². The molecule has 28 heavy (non-hydrogen) atoms. The van der Waals surface area contributed by atoms with E-state index in [1.165, 1.54) is 6.08 Å². The van der Waals surface area contributed by atoms with Gasteiger partial charge in [0, 0.05) is 11.8 Å². The Bertz CT molecular complexity index is 831. The summed E-state index contributed by atoms with van der Waals surface area (Å²) in [7, 11) is 1.60. The van der Waals surface area contributed by atoms with Crippen LogP contribution in [-0.4, -0.2) is 25.6 Å².